The highest BCUT2D eigenvalue weighted by Gasteiger charge is 2.11. The van der Waals surface area contributed by atoms with Gasteiger partial charge in [0.2, 0.25) is 5.82 Å². The molecular weight excluding hydrogens is 352 g/mol. The summed E-state index contributed by atoms with van der Waals surface area (Å²) < 4.78 is 6.08. The highest BCUT2D eigenvalue weighted by Crippen LogP contribution is 2.28. The van der Waals surface area contributed by atoms with Gasteiger partial charge in [-0.3, -0.25) is 0 Å². The van der Waals surface area contributed by atoms with Crippen LogP contribution in [-0.4, -0.2) is 36.8 Å². The molecule has 0 aliphatic rings. The SMILES string of the molecule is Cc1cc(-c2nnn(C)n2)cc(C)c1OCCCCc1cc2cccnc2[nH]1. The van der Waals surface area contributed by atoms with Gasteiger partial charge < -0.3 is 9.72 Å². The van der Waals surface area contributed by atoms with Crippen molar-refractivity contribution in [3.8, 4) is 17.1 Å². The molecule has 0 saturated carbocycles. The van der Waals surface area contributed by atoms with E-state index in [0.717, 1.165) is 52.7 Å². The number of aromatic nitrogens is 6. The Balaban J connectivity index is 1.32. The third-order valence-corrected chi connectivity index (χ3v) is 4.76. The average Bonchev–Trinajstić information content (AvgIpc) is 3.29. The number of unbranched alkanes of at least 4 members (excludes halogenated alkanes) is 1. The molecule has 0 atom stereocenters. The maximum atomic E-state index is 6.08. The number of rotatable bonds is 7. The molecule has 4 rings (SSSR count). The van der Waals surface area contributed by atoms with Gasteiger partial charge >= 0.3 is 0 Å². The second-order valence-electron chi connectivity index (χ2n) is 7.08. The number of tetrazole rings is 1. The first-order valence-electron chi connectivity index (χ1n) is 9.51. The summed E-state index contributed by atoms with van der Waals surface area (Å²) in [5.74, 6) is 1.58. The zero-order valence-electron chi connectivity index (χ0n) is 16.4. The van der Waals surface area contributed by atoms with Crippen molar-refractivity contribution in [2.45, 2.75) is 33.1 Å². The molecule has 4 aromatic rings. The van der Waals surface area contributed by atoms with Crippen LogP contribution in [0.5, 0.6) is 5.75 Å². The zero-order chi connectivity index (χ0) is 19.5. The van der Waals surface area contributed by atoms with Crippen molar-refractivity contribution in [1.29, 1.82) is 0 Å². The van der Waals surface area contributed by atoms with Crippen LogP contribution in [0.4, 0.5) is 0 Å². The van der Waals surface area contributed by atoms with Crippen LogP contribution >= 0.6 is 0 Å². The Morgan fingerprint density at radius 1 is 1.11 bits per heavy atom. The smallest absolute Gasteiger partial charge is 0.204 e. The highest BCUT2D eigenvalue weighted by molar-refractivity contribution is 5.76. The summed E-state index contributed by atoms with van der Waals surface area (Å²) in [6.45, 7) is 4.81. The predicted molar refractivity (Wildman–Crippen MR) is 108 cm³/mol. The van der Waals surface area contributed by atoms with Gasteiger partial charge in [-0.15, -0.1) is 10.2 Å². The molecule has 1 N–H and O–H groups in total. The molecule has 144 valence electrons. The molecule has 0 unspecified atom stereocenters. The summed E-state index contributed by atoms with van der Waals surface area (Å²) in [5, 5.41) is 13.4. The van der Waals surface area contributed by atoms with Crippen LogP contribution in [0.2, 0.25) is 0 Å². The Morgan fingerprint density at radius 2 is 1.93 bits per heavy atom. The normalized spacial score (nSPS) is 11.2. The van der Waals surface area contributed by atoms with Crippen molar-refractivity contribution >= 4 is 11.0 Å². The molecule has 0 saturated heterocycles. The standard InChI is InChI=1S/C21H24N6O/c1-14-11-17(21-24-26-27(3)25-21)12-15(2)19(14)28-10-5-4-8-18-13-16-7-6-9-22-20(16)23-18/h6-7,9,11-13H,4-5,8,10H2,1-3H3,(H,22,23). The van der Waals surface area contributed by atoms with E-state index >= 15 is 0 Å². The first kappa shape index (κ1) is 18.2. The van der Waals surface area contributed by atoms with Crippen LogP contribution in [-0.2, 0) is 13.5 Å². The molecule has 0 radical (unpaired) electrons. The van der Waals surface area contributed by atoms with Gasteiger partial charge in [0, 0.05) is 22.8 Å². The number of hydrogen-bond donors (Lipinski definition) is 1. The van der Waals surface area contributed by atoms with Gasteiger partial charge in [-0.2, -0.15) is 4.80 Å². The molecule has 0 aliphatic heterocycles. The Bertz CT molecular complexity index is 1040. The first-order valence-corrected chi connectivity index (χ1v) is 9.51. The quantitative estimate of drug-likeness (QED) is 0.497. The van der Waals surface area contributed by atoms with Gasteiger partial charge in [-0.05, 0) is 79.8 Å². The minimum absolute atomic E-state index is 0.632. The molecular formula is C21H24N6O. The third kappa shape index (κ3) is 3.88. The third-order valence-electron chi connectivity index (χ3n) is 4.76. The lowest BCUT2D eigenvalue weighted by molar-refractivity contribution is 0.303. The number of hydrogen-bond acceptors (Lipinski definition) is 5. The number of aryl methyl sites for hydroxylation is 4. The van der Waals surface area contributed by atoms with Crippen LogP contribution in [0.25, 0.3) is 22.4 Å². The van der Waals surface area contributed by atoms with Gasteiger partial charge in [0.1, 0.15) is 11.4 Å². The van der Waals surface area contributed by atoms with Gasteiger partial charge in [-0.1, -0.05) is 0 Å². The summed E-state index contributed by atoms with van der Waals surface area (Å²) >= 11 is 0. The highest BCUT2D eigenvalue weighted by atomic mass is 16.5. The Morgan fingerprint density at radius 3 is 2.64 bits per heavy atom. The molecule has 7 heteroatoms. The molecule has 0 fully saturated rings. The van der Waals surface area contributed by atoms with E-state index in [1.165, 1.54) is 10.5 Å². The van der Waals surface area contributed by atoms with Crippen molar-refractivity contribution in [2.75, 3.05) is 6.61 Å². The number of benzene rings is 1. The second-order valence-corrected chi connectivity index (χ2v) is 7.08. The number of aromatic amines is 1. The molecule has 3 heterocycles. The van der Waals surface area contributed by atoms with E-state index in [1.807, 2.05) is 12.3 Å². The monoisotopic (exact) mass is 376 g/mol. The fourth-order valence-electron chi connectivity index (χ4n) is 3.45. The molecule has 0 aliphatic carbocycles. The Kier molecular flexibility index (Phi) is 5.06. The van der Waals surface area contributed by atoms with Crippen LogP contribution in [0.1, 0.15) is 29.7 Å². The molecule has 0 amide bonds. The van der Waals surface area contributed by atoms with Crippen molar-refractivity contribution in [1.82, 2.24) is 30.2 Å². The van der Waals surface area contributed by atoms with E-state index in [1.54, 1.807) is 7.05 Å². The summed E-state index contributed by atoms with van der Waals surface area (Å²) in [6, 6.07) is 10.3. The average molecular weight is 376 g/mol. The number of pyridine rings is 1. The van der Waals surface area contributed by atoms with Gasteiger partial charge in [0.05, 0.1) is 13.7 Å². The van der Waals surface area contributed by atoms with Gasteiger partial charge in [0.25, 0.3) is 0 Å². The minimum Gasteiger partial charge on any atom is -0.493 e. The van der Waals surface area contributed by atoms with E-state index < -0.39 is 0 Å². The van der Waals surface area contributed by atoms with Crippen molar-refractivity contribution in [3.63, 3.8) is 0 Å². The molecule has 0 spiro atoms. The summed E-state index contributed by atoms with van der Waals surface area (Å²) in [6.07, 6.45) is 4.86. The summed E-state index contributed by atoms with van der Waals surface area (Å²) in [4.78, 5) is 9.18. The summed E-state index contributed by atoms with van der Waals surface area (Å²) in [7, 11) is 1.76. The van der Waals surface area contributed by atoms with E-state index in [0.29, 0.717) is 12.4 Å². The fourth-order valence-corrected chi connectivity index (χ4v) is 3.45. The number of nitrogens with zero attached hydrogens (tertiary/aromatic N) is 5. The zero-order valence-corrected chi connectivity index (χ0v) is 16.4. The van der Waals surface area contributed by atoms with Gasteiger partial charge in [-0.25, -0.2) is 4.98 Å². The molecule has 28 heavy (non-hydrogen) atoms. The van der Waals surface area contributed by atoms with Crippen LogP contribution in [0.3, 0.4) is 0 Å². The largest absolute Gasteiger partial charge is 0.493 e. The van der Waals surface area contributed by atoms with E-state index in [-0.39, 0.29) is 0 Å². The Labute approximate surface area is 163 Å². The predicted octanol–water partition coefficient (Wildman–Crippen LogP) is 3.77. The van der Waals surface area contributed by atoms with Crippen LogP contribution in [0, 0.1) is 13.8 Å². The molecule has 3 aromatic heterocycles. The lowest BCUT2D eigenvalue weighted by atomic mass is 10.1. The lowest BCUT2D eigenvalue weighted by Gasteiger charge is -2.13. The van der Waals surface area contributed by atoms with Crippen molar-refractivity contribution in [2.24, 2.45) is 7.05 Å². The number of ether oxygens (including phenoxy) is 1. The molecule has 1 aromatic carbocycles. The molecule has 7 nitrogen and oxygen atoms in total. The lowest BCUT2D eigenvalue weighted by Crippen LogP contribution is -2.02. The fraction of sp³-hybridized carbons (Fsp3) is 0.333. The van der Waals surface area contributed by atoms with Crippen LogP contribution < -0.4 is 4.74 Å². The van der Waals surface area contributed by atoms with Crippen molar-refractivity contribution < 1.29 is 4.74 Å². The first-order chi connectivity index (χ1) is 13.6. The number of H-pyrrole nitrogens is 1. The maximum Gasteiger partial charge on any atom is 0.204 e. The van der Waals surface area contributed by atoms with Gasteiger partial charge in [0.15, 0.2) is 0 Å². The Hall–Kier alpha value is -3.22. The molecule has 0 bridgehead atoms. The maximum absolute atomic E-state index is 6.08. The van der Waals surface area contributed by atoms with E-state index in [4.69, 9.17) is 4.74 Å². The van der Waals surface area contributed by atoms with E-state index in [9.17, 15) is 0 Å². The topological polar surface area (TPSA) is 81.5 Å². The van der Waals surface area contributed by atoms with E-state index in [2.05, 4.69) is 63.5 Å². The van der Waals surface area contributed by atoms with Crippen molar-refractivity contribution in [3.05, 3.63) is 53.3 Å². The second kappa shape index (κ2) is 7.80. The summed E-state index contributed by atoms with van der Waals surface area (Å²) in [5.41, 5.74) is 5.32. The number of fused-ring (bicyclic) bond motifs is 1. The minimum atomic E-state index is 0.632. The van der Waals surface area contributed by atoms with Crippen LogP contribution in [0.15, 0.2) is 36.5 Å². The number of nitrogens with one attached hydrogen (secondary N) is 1.